The second-order valence-electron chi connectivity index (χ2n) is 6.32. The summed E-state index contributed by atoms with van der Waals surface area (Å²) in [5.74, 6) is -0.241. The van der Waals surface area contributed by atoms with E-state index in [9.17, 15) is 9.59 Å². The Labute approximate surface area is 135 Å². The quantitative estimate of drug-likeness (QED) is 0.764. The van der Waals surface area contributed by atoms with Crippen LogP contribution in [-0.2, 0) is 0 Å². The summed E-state index contributed by atoms with van der Waals surface area (Å²) >= 11 is 0. The van der Waals surface area contributed by atoms with Crippen LogP contribution in [0.1, 0.15) is 62.5 Å². The first-order chi connectivity index (χ1) is 11.1. The number of carbonyl (C=O) groups excluding carboxylic acids is 1. The van der Waals surface area contributed by atoms with Gasteiger partial charge < -0.3 is 4.42 Å². The van der Waals surface area contributed by atoms with Crippen LogP contribution in [0.5, 0.6) is 0 Å². The van der Waals surface area contributed by atoms with Crippen molar-refractivity contribution in [2.45, 2.75) is 52.1 Å². The van der Waals surface area contributed by atoms with E-state index in [0.717, 1.165) is 31.4 Å². The second kappa shape index (κ2) is 6.71. The maximum absolute atomic E-state index is 12.3. The van der Waals surface area contributed by atoms with Crippen molar-refractivity contribution in [1.82, 2.24) is 9.47 Å². The molecule has 1 aromatic carbocycles. The van der Waals surface area contributed by atoms with Crippen LogP contribution < -0.4 is 5.76 Å². The molecule has 0 radical (unpaired) electrons. The van der Waals surface area contributed by atoms with Gasteiger partial charge in [0.05, 0.1) is 11.7 Å². The SMILES string of the molecule is CCCCC(=O)c1ccc2c(c1)oc(=O)n2C(C)N1CCCC1. The number of fused-ring (bicyclic) bond motifs is 1. The van der Waals surface area contributed by atoms with Crippen molar-refractivity contribution in [3.05, 3.63) is 34.3 Å². The van der Waals surface area contributed by atoms with Crippen molar-refractivity contribution in [1.29, 1.82) is 0 Å². The van der Waals surface area contributed by atoms with Gasteiger partial charge in [-0.3, -0.25) is 14.3 Å². The molecule has 1 saturated heterocycles. The number of carbonyl (C=O) groups is 1. The average Bonchev–Trinajstić information content (AvgIpc) is 3.18. The summed E-state index contributed by atoms with van der Waals surface area (Å²) in [6.45, 7) is 6.11. The van der Waals surface area contributed by atoms with Crippen molar-refractivity contribution in [2.24, 2.45) is 0 Å². The van der Waals surface area contributed by atoms with Crippen LogP contribution in [0.15, 0.2) is 27.4 Å². The van der Waals surface area contributed by atoms with Crippen LogP contribution in [0.3, 0.4) is 0 Å². The fraction of sp³-hybridized carbons (Fsp3) is 0.556. The number of aromatic nitrogens is 1. The second-order valence-corrected chi connectivity index (χ2v) is 6.32. The summed E-state index contributed by atoms with van der Waals surface area (Å²) in [6, 6.07) is 5.36. The zero-order valence-electron chi connectivity index (χ0n) is 13.9. The van der Waals surface area contributed by atoms with E-state index < -0.39 is 0 Å². The summed E-state index contributed by atoms with van der Waals surface area (Å²) < 4.78 is 7.10. The van der Waals surface area contributed by atoms with Gasteiger partial charge in [0, 0.05) is 25.1 Å². The molecule has 5 heteroatoms. The van der Waals surface area contributed by atoms with E-state index in [0.29, 0.717) is 17.6 Å². The van der Waals surface area contributed by atoms with Crippen molar-refractivity contribution in [3.63, 3.8) is 0 Å². The zero-order valence-corrected chi connectivity index (χ0v) is 13.9. The van der Waals surface area contributed by atoms with Gasteiger partial charge in [0.2, 0.25) is 0 Å². The van der Waals surface area contributed by atoms with Crippen LogP contribution in [-0.4, -0.2) is 28.3 Å². The molecule has 23 heavy (non-hydrogen) atoms. The monoisotopic (exact) mass is 316 g/mol. The molecular formula is C18H24N2O3. The molecule has 0 N–H and O–H groups in total. The third kappa shape index (κ3) is 3.11. The topological polar surface area (TPSA) is 55.5 Å². The molecule has 0 bridgehead atoms. The van der Waals surface area contributed by atoms with Crippen molar-refractivity contribution in [2.75, 3.05) is 13.1 Å². The molecule has 1 aliphatic rings. The average molecular weight is 316 g/mol. The minimum Gasteiger partial charge on any atom is -0.408 e. The van der Waals surface area contributed by atoms with Crippen molar-refractivity contribution < 1.29 is 9.21 Å². The third-order valence-corrected chi connectivity index (χ3v) is 4.74. The van der Waals surface area contributed by atoms with Gasteiger partial charge in [-0.2, -0.15) is 0 Å². The first kappa shape index (κ1) is 16.0. The summed E-state index contributed by atoms with van der Waals surface area (Å²) in [5, 5.41) is 0. The molecule has 2 aromatic rings. The molecule has 0 saturated carbocycles. The summed E-state index contributed by atoms with van der Waals surface area (Å²) in [5.41, 5.74) is 1.89. The number of likely N-dealkylation sites (tertiary alicyclic amines) is 1. The molecule has 124 valence electrons. The Balaban J connectivity index is 1.93. The molecular weight excluding hydrogens is 292 g/mol. The number of oxazole rings is 1. The maximum Gasteiger partial charge on any atom is 0.421 e. The van der Waals surface area contributed by atoms with Gasteiger partial charge in [0.25, 0.3) is 0 Å². The first-order valence-corrected chi connectivity index (χ1v) is 8.54. The predicted octanol–water partition coefficient (Wildman–Crippen LogP) is 3.58. The van der Waals surface area contributed by atoms with Crippen molar-refractivity contribution >= 4 is 16.9 Å². The number of Topliss-reactive ketones (excluding diaryl/α,β-unsaturated/α-hetero) is 1. The summed E-state index contributed by atoms with van der Waals surface area (Å²) in [4.78, 5) is 26.7. The Hall–Kier alpha value is -1.88. The van der Waals surface area contributed by atoms with E-state index >= 15 is 0 Å². The highest BCUT2D eigenvalue weighted by Crippen LogP contribution is 2.24. The molecule has 2 heterocycles. The molecule has 1 aromatic heterocycles. The molecule has 3 rings (SSSR count). The largest absolute Gasteiger partial charge is 0.421 e. The predicted molar refractivity (Wildman–Crippen MR) is 89.8 cm³/mol. The molecule has 1 unspecified atom stereocenters. The fourth-order valence-electron chi connectivity index (χ4n) is 3.32. The highest BCUT2D eigenvalue weighted by Gasteiger charge is 2.23. The van der Waals surface area contributed by atoms with E-state index in [1.807, 2.05) is 19.1 Å². The van der Waals surface area contributed by atoms with Gasteiger partial charge in [-0.25, -0.2) is 4.79 Å². The van der Waals surface area contributed by atoms with Gasteiger partial charge >= 0.3 is 5.76 Å². The molecule has 5 nitrogen and oxygen atoms in total. The Kier molecular flexibility index (Phi) is 4.66. The van der Waals surface area contributed by atoms with Crippen LogP contribution in [0.2, 0.25) is 0 Å². The van der Waals surface area contributed by atoms with Crippen LogP contribution in [0, 0.1) is 0 Å². The lowest BCUT2D eigenvalue weighted by molar-refractivity contribution is 0.0980. The number of hydrogen-bond acceptors (Lipinski definition) is 4. The van der Waals surface area contributed by atoms with Crippen molar-refractivity contribution in [3.8, 4) is 0 Å². The molecule has 0 spiro atoms. The van der Waals surface area contributed by atoms with E-state index in [4.69, 9.17) is 4.42 Å². The van der Waals surface area contributed by atoms with Gasteiger partial charge in [0.15, 0.2) is 11.4 Å². The van der Waals surface area contributed by atoms with E-state index in [1.54, 1.807) is 10.6 Å². The summed E-state index contributed by atoms with van der Waals surface area (Å²) in [7, 11) is 0. The third-order valence-electron chi connectivity index (χ3n) is 4.74. The fourth-order valence-corrected chi connectivity index (χ4v) is 3.32. The Morgan fingerprint density at radius 1 is 1.30 bits per heavy atom. The number of hydrogen-bond donors (Lipinski definition) is 0. The number of benzene rings is 1. The van der Waals surface area contributed by atoms with Crippen LogP contribution in [0.25, 0.3) is 11.1 Å². The molecule has 1 atom stereocenters. The van der Waals surface area contributed by atoms with E-state index in [2.05, 4.69) is 11.8 Å². The number of nitrogens with zero attached hydrogens (tertiary/aromatic N) is 2. The lowest BCUT2D eigenvalue weighted by atomic mass is 10.1. The number of ketones is 1. The normalized spacial score (nSPS) is 17.0. The summed E-state index contributed by atoms with van der Waals surface area (Å²) in [6.07, 6.45) is 4.74. The number of unbranched alkanes of at least 4 members (excludes halogenated alkanes) is 1. The van der Waals surface area contributed by atoms with Crippen LogP contribution >= 0.6 is 0 Å². The minimum absolute atomic E-state index is 0.0205. The van der Waals surface area contributed by atoms with Gasteiger partial charge in [-0.05, 0) is 44.4 Å². The molecule has 1 fully saturated rings. The first-order valence-electron chi connectivity index (χ1n) is 8.54. The Morgan fingerprint density at radius 3 is 2.74 bits per heavy atom. The highest BCUT2D eigenvalue weighted by atomic mass is 16.4. The maximum atomic E-state index is 12.3. The Morgan fingerprint density at radius 2 is 2.04 bits per heavy atom. The molecule has 1 aliphatic heterocycles. The standard InChI is InChI=1S/C18H24N2O3/c1-3-4-7-16(21)14-8-9-15-17(12-14)23-18(22)20(15)13(2)19-10-5-6-11-19/h8-9,12-13H,3-7,10-11H2,1-2H3. The molecule has 0 aliphatic carbocycles. The van der Waals surface area contributed by atoms with E-state index in [1.165, 1.54) is 12.8 Å². The van der Waals surface area contributed by atoms with Gasteiger partial charge in [0.1, 0.15) is 0 Å². The number of rotatable bonds is 6. The smallest absolute Gasteiger partial charge is 0.408 e. The van der Waals surface area contributed by atoms with E-state index in [-0.39, 0.29) is 17.7 Å². The lowest BCUT2D eigenvalue weighted by Gasteiger charge is -2.24. The van der Waals surface area contributed by atoms with Crippen LogP contribution in [0.4, 0.5) is 0 Å². The molecule has 0 amide bonds. The Bertz CT molecular complexity index is 753. The van der Waals surface area contributed by atoms with Gasteiger partial charge in [-0.15, -0.1) is 0 Å². The van der Waals surface area contributed by atoms with Gasteiger partial charge in [-0.1, -0.05) is 13.3 Å². The lowest BCUT2D eigenvalue weighted by Crippen LogP contribution is -2.32. The minimum atomic E-state index is -0.349. The zero-order chi connectivity index (χ0) is 16.4. The highest BCUT2D eigenvalue weighted by molar-refractivity contribution is 5.98.